The standard InChI is InChI=1S/C16H24N4O2/c1-16(2,3)19-15(22)18-13-6-9-20(10-7-13)14(21)12-5-4-8-17-11-12/h4-5,8,11,13H,6-7,9-10H2,1-3H3,(H2,18,19,22). The number of rotatable bonds is 2. The molecule has 6 nitrogen and oxygen atoms in total. The van der Waals surface area contributed by atoms with Gasteiger partial charge in [0.25, 0.3) is 5.91 Å². The number of piperidine rings is 1. The first-order valence-electron chi connectivity index (χ1n) is 7.63. The van der Waals surface area contributed by atoms with Crippen molar-refractivity contribution in [2.45, 2.75) is 45.2 Å². The van der Waals surface area contributed by atoms with Crippen LogP contribution in [0.3, 0.4) is 0 Å². The van der Waals surface area contributed by atoms with Crippen LogP contribution in [0.4, 0.5) is 4.79 Å². The van der Waals surface area contributed by atoms with Crippen molar-refractivity contribution >= 4 is 11.9 Å². The van der Waals surface area contributed by atoms with Crippen molar-refractivity contribution in [3.63, 3.8) is 0 Å². The fraction of sp³-hybridized carbons (Fsp3) is 0.562. The lowest BCUT2D eigenvalue weighted by molar-refractivity contribution is 0.0708. The van der Waals surface area contributed by atoms with Crippen LogP contribution in [-0.2, 0) is 0 Å². The highest BCUT2D eigenvalue weighted by Crippen LogP contribution is 2.13. The molecule has 3 amide bonds. The van der Waals surface area contributed by atoms with E-state index in [0.29, 0.717) is 18.7 Å². The molecule has 0 unspecified atom stereocenters. The molecular formula is C16H24N4O2. The van der Waals surface area contributed by atoms with E-state index < -0.39 is 0 Å². The van der Waals surface area contributed by atoms with Crippen molar-refractivity contribution in [3.05, 3.63) is 30.1 Å². The van der Waals surface area contributed by atoms with E-state index in [9.17, 15) is 9.59 Å². The van der Waals surface area contributed by atoms with Crippen LogP contribution in [0.1, 0.15) is 44.0 Å². The summed E-state index contributed by atoms with van der Waals surface area (Å²) in [5.74, 6) is 0.00527. The molecule has 1 aromatic rings. The van der Waals surface area contributed by atoms with Crippen LogP contribution < -0.4 is 10.6 Å². The summed E-state index contributed by atoms with van der Waals surface area (Å²) < 4.78 is 0. The first-order valence-corrected chi connectivity index (χ1v) is 7.63. The molecule has 1 aromatic heterocycles. The zero-order valence-corrected chi connectivity index (χ0v) is 13.4. The molecule has 0 bridgehead atoms. The van der Waals surface area contributed by atoms with Crippen molar-refractivity contribution in [1.82, 2.24) is 20.5 Å². The van der Waals surface area contributed by atoms with Crippen LogP contribution in [0.5, 0.6) is 0 Å². The van der Waals surface area contributed by atoms with Gasteiger partial charge >= 0.3 is 6.03 Å². The lowest BCUT2D eigenvalue weighted by atomic mass is 10.0. The number of carbonyl (C=O) groups is 2. The summed E-state index contributed by atoms with van der Waals surface area (Å²) in [7, 11) is 0. The number of nitrogens with zero attached hydrogens (tertiary/aromatic N) is 2. The lowest BCUT2D eigenvalue weighted by Crippen LogP contribution is -2.52. The van der Waals surface area contributed by atoms with E-state index in [1.165, 1.54) is 0 Å². The second-order valence-corrected chi connectivity index (χ2v) is 6.66. The molecule has 22 heavy (non-hydrogen) atoms. The number of hydrogen-bond donors (Lipinski definition) is 2. The second kappa shape index (κ2) is 6.77. The minimum Gasteiger partial charge on any atom is -0.338 e. The van der Waals surface area contributed by atoms with Gasteiger partial charge in [0.05, 0.1) is 5.56 Å². The SMILES string of the molecule is CC(C)(C)NC(=O)NC1CCN(C(=O)c2cccnc2)CC1. The van der Waals surface area contributed by atoms with Crippen LogP contribution in [0.25, 0.3) is 0 Å². The van der Waals surface area contributed by atoms with Gasteiger partial charge in [-0.25, -0.2) is 4.79 Å². The first-order chi connectivity index (χ1) is 10.3. The third kappa shape index (κ3) is 4.72. The van der Waals surface area contributed by atoms with Gasteiger partial charge in [0.1, 0.15) is 0 Å². The van der Waals surface area contributed by atoms with Gasteiger partial charge in [-0.3, -0.25) is 9.78 Å². The maximum atomic E-state index is 12.3. The number of likely N-dealkylation sites (tertiary alicyclic amines) is 1. The monoisotopic (exact) mass is 304 g/mol. The average Bonchev–Trinajstić information content (AvgIpc) is 2.46. The van der Waals surface area contributed by atoms with Gasteiger partial charge in [-0.1, -0.05) is 0 Å². The molecule has 2 rings (SSSR count). The summed E-state index contributed by atoms with van der Waals surface area (Å²) in [6.07, 6.45) is 4.78. The summed E-state index contributed by atoms with van der Waals surface area (Å²) in [6, 6.07) is 3.50. The number of amides is 3. The van der Waals surface area contributed by atoms with Crippen LogP contribution in [0, 0.1) is 0 Å². The van der Waals surface area contributed by atoms with Crippen molar-refractivity contribution in [3.8, 4) is 0 Å². The molecule has 0 atom stereocenters. The molecule has 2 N–H and O–H groups in total. The molecule has 0 saturated carbocycles. The summed E-state index contributed by atoms with van der Waals surface area (Å²) >= 11 is 0. The van der Waals surface area contributed by atoms with E-state index in [1.54, 1.807) is 24.5 Å². The number of carbonyl (C=O) groups excluding carboxylic acids is 2. The van der Waals surface area contributed by atoms with Gasteiger partial charge < -0.3 is 15.5 Å². The minimum absolute atomic E-state index is 0.00527. The quantitative estimate of drug-likeness (QED) is 0.874. The third-order valence-corrected chi connectivity index (χ3v) is 3.51. The third-order valence-electron chi connectivity index (χ3n) is 3.51. The van der Waals surface area contributed by atoms with E-state index in [0.717, 1.165) is 12.8 Å². The predicted molar refractivity (Wildman–Crippen MR) is 84.6 cm³/mol. The highest BCUT2D eigenvalue weighted by atomic mass is 16.2. The molecule has 0 radical (unpaired) electrons. The van der Waals surface area contributed by atoms with Crippen molar-refractivity contribution in [2.24, 2.45) is 0 Å². The number of pyridine rings is 1. The Morgan fingerprint density at radius 1 is 1.27 bits per heavy atom. The van der Waals surface area contributed by atoms with Gasteiger partial charge in [-0.15, -0.1) is 0 Å². The molecule has 1 saturated heterocycles. The van der Waals surface area contributed by atoms with Crippen LogP contribution in [-0.4, -0.2) is 46.5 Å². The minimum atomic E-state index is -0.249. The average molecular weight is 304 g/mol. The number of hydrogen-bond acceptors (Lipinski definition) is 3. The van der Waals surface area contributed by atoms with E-state index in [4.69, 9.17) is 0 Å². The van der Waals surface area contributed by atoms with E-state index in [2.05, 4.69) is 15.6 Å². The van der Waals surface area contributed by atoms with Crippen molar-refractivity contribution in [1.29, 1.82) is 0 Å². The van der Waals surface area contributed by atoms with Crippen molar-refractivity contribution in [2.75, 3.05) is 13.1 Å². The predicted octanol–water partition coefficient (Wildman–Crippen LogP) is 1.78. The van der Waals surface area contributed by atoms with Crippen molar-refractivity contribution < 1.29 is 9.59 Å². The van der Waals surface area contributed by atoms with Gasteiger partial charge in [0.2, 0.25) is 0 Å². The highest BCUT2D eigenvalue weighted by Gasteiger charge is 2.25. The Kier molecular flexibility index (Phi) is 5.00. The van der Waals surface area contributed by atoms with Gasteiger partial charge in [0.15, 0.2) is 0 Å². The number of aromatic nitrogens is 1. The van der Waals surface area contributed by atoms with Gasteiger partial charge in [0, 0.05) is 37.1 Å². The van der Waals surface area contributed by atoms with Gasteiger partial charge in [-0.2, -0.15) is 0 Å². The molecule has 0 spiro atoms. The Morgan fingerprint density at radius 3 is 2.50 bits per heavy atom. The zero-order chi connectivity index (χ0) is 16.2. The normalized spacial score (nSPS) is 16.2. The number of nitrogens with one attached hydrogen (secondary N) is 2. The Morgan fingerprint density at radius 2 is 1.95 bits per heavy atom. The molecule has 1 aliphatic rings. The molecule has 1 aliphatic heterocycles. The largest absolute Gasteiger partial charge is 0.338 e. The molecule has 120 valence electrons. The topological polar surface area (TPSA) is 74.3 Å². The zero-order valence-electron chi connectivity index (χ0n) is 13.4. The first kappa shape index (κ1) is 16.3. The van der Waals surface area contributed by atoms with Gasteiger partial charge in [-0.05, 0) is 45.7 Å². The molecule has 0 aromatic carbocycles. The summed E-state index contributed by atoms with van der Waals surface area (Å²) in [5.41, 5.74) is 0.362. The summed E-state index contributed by atoms with van der Waals surface area (Å²) in [5, 5.41) is 5.86. The van der Waals surface area contributed by atoms with E-state index >= 15 is 0 Å². The summed E-state index contributed by atoms with van der Waals surface area (Å²) in [4.78, 5) is 29.9. The Balaban J connectivity index is 1.81. The molecular weight excluding hydrogens is 280 g/mol. The molecule has 0 aliphatic carbocycles. The van der Waals surface area contributed by atoms with E-state index in [1.807, 2.05) is 25.7 Å². The van der Waals surface area contributed by atoms with Crippen LogP contribution >= 0.6 is 0 Å². The van der Waals surface area contributed by atoms with E-state index in [-0.39, 0.29) is 23.5 Å². The van der Waals surface area contributed by atoms with Crippen LogP contribution in [0.15, 0.2) is 24.5 Å². The van der Waals surface area contributed by atoms with Crippen LogP contribution in [0.2, 0.25) is 0 Å². The smallest absolute Gasteiger partial charge is 0.315 e. The Hall–Kier alpha value is -2.11. The summed E-state index contributed by atoms with van der Waals surface area (Å²) in [6.45, 7) is 7.13. The fourth-order valence-electron chi connectivity index (χ4n) is 2.46. The lowest BCUT2D eigenvalue weighted by Gasteiger charge is -2.33. The number of urea groups is 1. The molecule has 6 heteroatoms. The Labute approximate surface area is 131 Å². The maximum absolute atomic E-state index is 12.3. The Bertz CT molecular complexity index is 517. The maximum Gasteiger partial charge on any atom is 0.315 e. The molecule has 1 fully saturated rings. The molecule has 2 heterocycles. The second-order valence-electron chi connectivity index (χ2n) is 6.66. The highest BCUT2D eigenvalue weighted by molar-refractivity contribution is 5.93. The fourth-order valence-corrected chi connectivity index (χ4v) is 2.46.